The predicted octanol–water partition coefficient (Wildman–Crippen LogP) is 1.87. The highest BCUT2D eigenvalue weighted by Gasteiger charge is 2.70. The zero-order valence-electron chi connectivity index (χ0n) is 17.1. The monoisotopic (exact) mass is 494 g/mol. The average molecular weight is 494 g/mol. The summed E-state index contributed by atoms with van der Waals surface area (Å²) >= 11 is 0. The van der Waals surface area contributed by atoms with Crippen molar-refractivity contribution in [2.24, 2.45) is 0 Å². The van der Waals surface area contributed by atoms with Crippen molar-refractivity contribution in [2.45, 2.75) is 23.3 Å². The fraction of sp³-hybridized carbons (Fsp3) is 0.150. The van der Waals surface area contributed by atoms with E-state index in [1.54, 1.807) is 6.92 Å². The summed E-state index contributed by atoms with van der Waals surface area (Å²) in [5.41, 5.74) is -5.56. The van der Waals surface area contributed by atoms with Crippen LogP contribution in [0.15, 0.2) is 65.0 Å². The molecular weight excluding hydrogens is 479 g/mol. The third kappa shape index (κ3) is 3.44. The summed E-state index contributed by atoms with van der Waals surface area (Å²) in [4.78, 5) is 46.2. The van der Waals surface area contributed by atoms with Crippen LogP contribution in [0.5, 0.6) is 0 Å². The van der Waals surface area contributed by atoms with Crippen LogP contribution < -0.4 is 0 Å². The van der Waals surface area contributed by atoms with E-state index < -0.39 is 76.3 Å². The van der Waals surface area contributed by atoms with Gasteiger partial charge in [0.1, 0.15) is 5.57 Å². The maximum atomic E-state index is 15.5. The van der Waals surface area contributed by atoms with Gasteiger partial charge in [0, 0.05) is 12.1 Å². The van der Waals surface area contributed by atoms with Crippen LogP contribution in [0.1, 0.15) is 17.0 Å². The van der Waals surface area contributed by atoms with Crippen molar-refractivity contribution in [1.82, 2.24) is 4.31 Å². The van der Waals surface area contributed by atoms with Gasteiger partial charge in [-0.3, -0.25) is 10.1 Å². The summed E-state index contributed by atoms with van der Waals surface area (Å²) in [5.74, 6) is -11.4. The number of nitro groups is 1. The molecule has 0 bridgehead atoms. The van der Waals surface area contributed by atoms with E-state index in [-0.39, 0.29) is 0 Å². The standard InChI is InChI=1S/C20H15FN2O10S/c1-10-2-8-13(9-3-10)34(32,33)22-16(21)14(17(24)25)15(20(22,18(26)27)19(28)29)11-4-6-12(7-5-11)23(30)31/h2-9,15H,1H3,(H,24,25)(H,26,27)(H,28,29). The molecule has 1 atom stereocenters. The highest BCUT2D eigenvalue weighted by Crippen LogP contribution is 2.52. The van der Waals surface area contributed by atoms with Crippen LogP contribution in [0.2, 0.25) is 0 Å². The van der Waals surface area contributed by atoms with E-state index in [0.29, 0.717) is 5.56 Å². The van der Waals surface area contributed by atoms with E-state index in [1.807, 2.05) is 0 Å². The van der Waals surface area contributed by atoms with Gasteiger partial charge in [0.25, 0.3) is 21.2 Å². The van der Waals surface area contributed by atoms with Crippen molar-refractivity contribution in [3.8, 4) is 0 Å². The molecule has 1 aliphatic rings. The first kappa shape index (κ1) is 24.3. The molecule has 3 rings (SSSR count). The number of halogens is 1. The SMILES string of the molecule is Cc1ccc(S(=O)(=O)N2C(F)=C(C(=O)O)C(c3ccc([N+](=O)[O-])cc3)C2(C(=O)O)C(=O)O)cc1. The van der Waals surface area contributed by atoms with Gasteiger partial charge in [-0.25, -0.2) is 27.1 Å². The lowest BCUT2D eigenvalue weighted by atomic mass is 9.77. The second kappa shape index (κ2) is 8.22. The lowest BCUT2D eigenvalue weighted by Crippen LogP contribution is -2.61. The van der Waals surface area contributed by atoms with Crippen LogP contribution >= 0.6 is 0 Å². The number of non-ortho nitro benzene ring substituents is 1. The fourth-order valence-electron chi connectivity index (χ4n) is 3.74. The van der Waals surface area contributed by atoms with Crippen molar-refractivity contribution in [3.63, 3.8) is 0 Å². The molecule has 0 spiro atoms. The molecule has 0 saturated carbocycles. The average Bonchev–Trinajstić information content (AvgIpc) is 3.05. The Morgan fingerprint density at radius 2 is 1.50 bits per heavy atom. The molecule has 0 aliphatic carbocycles. The number of benzene rings is 2. The number of carboxylic acids is 3. The third-order valence-corrected chi connectivity index (χ3v) is 7.10. The molecule has 178 valence electrons. The highest BCUT2D eigenvalue weighted by atomic mass is 32.2. The van der Waals surface area contributed by atoms with Crippen molar-refractivity contribution >= 4 is 33.6 Å². The number of carboxylic acid groups (broad SMARTS) is 3. The molecule has 0 amide bonds. The fourth-order valence-corrected chi connectivity index (χ4v) is 5.38. The summed E-state index contributed by atoms with van der Waals surface area (Å²) in [6.07, 6.45) is 0. The molecule has 0 radical (unpaired) electrons. The van der Waals surface area contributed by atoms with E-state index in [2.05, 4.69) is 0 Å². The largest absolute Gasteiger partial charge is 0.479 e. The number of carbonyl (C=O) groups is 3. The smallest absolute Gasteiger partial charge is 0.343 e. The zero-order chi connectivity index (χ0) is 25.6. The molecule has 0 aromatic heterocycles. The molecule has 0 saturated heterocycles. The van der Waals surface area contributed by atoms with Crippen molar-refractivity contribution in [3.05, 3.63) is 81.3 Å². The summed E-state index contributed by atoms with van der Waals surface area (Å²) in [7, 11) is -5.26. The predicted molar refractivity (Wildman–Crippen MR) is 110 cm³/mol. The molecule has 1 heterocycles. The number of nitro benzene ring substituents is 1. The lowest BCUT2D eigenvalue weighted by Gasteiger charge is -2.35. The summed E-state index contributed by atoms with van der Waals surface area (Å²) in [6.45, 7) is 1.60. The summed E-state index contributed by atoms with van der Waals surface area (Å²) in [6, 6.07) is 7.84. The molecule has 14 heteroatoms. The van der Waals surface area contributed by atoms with E-state index in [4.69, 9.17) is 0 Å². The van der Waals surface area contributed by atoms with Crippen LogP contribution in [0.3, 0.4) is 0 Å². The summed E-state index contributed by atoms with van der Waals surface area (Å²) in [5, 5.41) is 40.5. The first-order valence-corrected chi connectivity index (χ1v) is 10.7. The van der Waals surface area contributed by atoms with Gasteiger partial charge in [-0.05, 0) is 24.6 Å². The van der Waals surface area contributed by atoms with Gasteiger partial charge in [0.05, 0.1) is 15.7 Å². The van der Waals surface area contributed by atoms with E-state index in [1.165, 1.54) is 12.1 Å². The molecule has 34 heavy (non-hydrogen) atoms. The minimum atomic E-state index is -5.26. The third-order valence-electron chi connectivity index (χ3n) is 5.31. The maximum Gasteiger partial charge on any atom is 0.343 e. The molecule has 0 fully saturated rings. The van der Waals surface area contributed by atoms with Crippen LogP contribution in [-0.2, 0) is 24.4 Å². The first-order chi connectivity index (χ1) is 15.8. The zero-order valence-corrected chi connectivity index (χ0v) is 17.9. The van der Waals surface area contributed by atoms with Gasteiger partial charge >= 0.3 is 17.9 Å². The quantitative estimate of drug-likeness (QED) is 0.221. The molecule has 3 N–H and O–H groups in total. The molecule has 2 aromatic carbocycles. The van der Waals surface area contributed by atoms with Crippen LogP contribution in [0.25, 0.3) is 0 Å². The van der Waals surface area contributed by atoms with Crippen molar-refractivity contribution in [2.75, 3.05) is 0 Å². The number of nitrogens with zero attached hydrogens (tertiary/aromatic N) is 2. The molecule has 12 nitrogen and oxygen atoms in total. The molecular formula is C20H15FN2O10S. The Morgan fingerprint density at radius 3 is 1.91 bits per heavy atom. The lowest BCUT2D eigenvalue weighted by molar-refractivity contribution is -0.384. The molecule has 1 aliphatic heterocycles. The Balaban J connectivity index is 2.40. The van der Waals surface area contributed by atoms with Gasteiger partial charge < -0.3 is 15.3 Å². The van der Waals surface area contributed by atoms with Gasteiger partial charge in [0.15, 0.2) is 0 Å². The topological polar surface area (TPSA) is 192 Å². The summed E-state index contributed by atoms with van der Waals surface area (Å²) < 4.78 is 41.6. The van der Waals surface area contributed by atoms with Gasteiger partial charge in [0.2, 0.25) is 5.95 Å². The number of aliphatic carboxylic acids is 3. The number of hydrogen-bond donors (Lipinski definition) is 3. The van der Waals surface area contributed by atoms with Gasteiger partial charge in [-0.15, -0.1) is 0 Å². The minimum absolute atomic E-state index is 0.482. The van der Waals surface area contributed by atoms with Gasteiger partial charge in [-0.1, -0.05) is 29.8 Å². The normalized spacial score (nSPS) is 17.5. The molecule has 2 aromatic rings. The number of aryl methyl sites for hydroxylation is 1. The van der Waals surface area contributed by atoms with Crippen molar-refractivity contribution in [1.29, 1.82) is 0 Å². The Labute approximate surface area is 190 Å². The first-order valence-electron chi connectivity index (χ1n) is 9.24. The number of sulfonamides is 1. The van der Waals surface area contributed by atoms with E-state index in [9.17, 15) is 48.2 Å². The van der Waals surface area contributed by atoms with Gasteiger partial charge in [-0.2, -0.15) is 4.39 Å². The second-order valence-corrected chi connectivity index (χ2v) is 9.04. The Bertz CT molecular complexity index is 1340. The van der Waals surface area contributed by atoms with E-state index >= 15 is 4.39 Å². The van der Waals surface area contributed by atoms with E-state index in [0.717, 1.165) is 36.4 Å². The minimum Gasteiger partial charge on any atom is -0.479 e. The molecule has 1 unspecified atom stereocenters. The van der Waals surface area contributed by atoms with Crippen LogP contribution in [0.4, 0.5) is 10.1 Å². The number of hydrogen-bond acceptors (Lipinski definition) is 7. The Kier molecular flexibility index (Phi) is 5.88. The van der Waals surface area contributed by atoms with Crippen LogP contribution in [0, 0.1) is 17.0 Å². The second-order valence-electron chi connectivity index (χ2n) is 7.25. The highest BCUT2D eigenvalue weighted by molar-refractivity contribution is 7.89. The number of rotatable bonds is 7. The van der Waals surface area contributed by atoms with Crippen molar-refractivity contribution < 1.29 is 47.4 Å². The maximum absolute atomic E-state index is 15.5. The Morgan fingerprint density at radius 1 is 1.00 bits per heavy atom. The Hall–Kier alpha value is -4.33. The van der Waals surface area contributed by atoms with Crippen LogP contribution in [-0.4, -0.2) is 56.4 Å².